The van der Waals surface area contributed by atoms with E-state index in [0.29, 0.717) is 53.0 Å². The number of carbonyl (C=O) groups is 2. The lowest BCUT2D eigenvalue weighted by molar-refractivity contribution is -0.120. The van der Waals surface area contributed by atoms with Gasteiger partial charge < -0.3 is 10.6 Å². The molecule has 5 rings (SSSR count). The fraction of sp³-hybridized carbons (Fsp3) is 0.414. The van der Waals surface area contributed by atoms with E-state index in [0.717, 1.165) is 19.3 Å². The number of anilines is 1. The summed E-state index contributed by atoms with van der Waals surface area (Å²) in [6.45, 7) is 4.24. The third kappa shape index (κ3) is 4.99. The van der Waals surface area contributed by atoms with Crippen LogP contribution in [0.15, 0.2) is 52.1 Å². The van der Waals surface area contributed by atoms with Gasteiger partial charge in [-0.15, -0.1) is 0 Å². The fourth-order valence-electron chi connectivity index (χ4n) is 5.31. The van der Waals surface area contributed by atoms with Gasteiger partial charge in [-0.2, -0.15) is 5.26 Å². The van der Waals surface area contributed by atoms with Gasteiger partial charge in [-0.25, -0.2) is 4.79 Å². The Morgan fingerprint density at radius 3 is 2.45 bits per heavy atom. The Kier molecular flexibility index (Phi) is 6.89. The molecular weight excluding hydrogens is 482 g/mol. The summed E-state index contributed by atoms with van der Waals surface area (Å²) < 4.78 is 2.97. The Hall–Kier alpha value is -4.19. The fourth-order valence-corrected chi connectivity index (χ4v) is 5.31. The molecule has 196 valence electrons. The lowest BCUT2D eigenvalue weighted by Crippen LogP contribution is -2.42. The summed E-state index contributed by atoms with van der Waals surface area (Å²) in [6, 6.07) is 13.0. The zero-order valence-corrected chi connectivity index (χ0v) is 21.6. The summed E-state index contributed by atoms with van der Waals surface area (Å²) >= 11 is 0. The van der Waals surface area contributed by atoms with Crippen LogP contribution in [0.1, 0.15) is 67.9 Å². The first kappa shape index (κ1) is 25.5. The number of rotatable bonds is 7. The molecule has 2 amide bonds. The minimum absolute atomic E-state index is 0.129. The van der Waals surface area contributed by atoms with E-state index in [2.05, 4.69) is 10.6 Å². The van der Waals surface area contributed by atoms with Crippen molar-refractivity contribution in [1.29, 1.82) is 5.26 Å². The lowest BCUT2D eigenvalue weighted by atomic mass is 10.0. The highest BCUT2D eigenvalue weighted by atomic mass is 16.2. The van der Waals surface area contributed by atoms with Gasteiger partial charge in [0, 0.05) is 29.9 Å². The van der Waals surface area contributed by atoms with Gasteiger partial charge in [-0.1, -0.05) is 6.42 Å². The van der Waals surface area contributed by atoms with Crippen molar-refractivity contribution in [3.63, 3.8) is 0 Å². The minimum Gasteiger partial charge on any atom is -0.349 e. The molecule has 2 atom stereocenters. The van der Waals surface area contributed by atoms with Crippen LogP contribution in [0.4, 0.5) is 5.69 Å². The second kappa shape index (κ2) is 10.3. The van der Waals surface area contributed by atoms with Crippen molar-refractivity contribution in [1.82, 2.24) is 14.5 Å². The highest BCUT2D eigenvalue weighted by Crippen LogP contribution is 2.30. The van der Waals surface area contributed by atoms with Crippen LogP contribution in [0.2, 0.25) is 0 Å². The Morgan fingerprint density at radius 1 is 1.05 bits per heavy atom. The zero-order chi connectivity index (χ0) is 27.0. The van der Waals surface area contributed by atoms with Crippen LogP contribution in [0.5, 0.6) is 0 Å². The van der Waals surface area contributed by atoms with Crippen molar-refractivity contribution in [3.05, 3.63) is 74.4 Å². The third-order valence-electron chi connectivity index (χ3n) is 7.54. The number of carbonyl (C=O) groups excluding carboxylic acids is 2. The molecule has 0 aliphatic heterocycles. The molecule has 2 aromatic carbocycles. The SMILES string of the molecule is CC(C)n1c(=O)n(CC2CC2)c(=O)c2cc(NC(=O)[C@@H]3CCC[C@@H]3NC(=O)c3ccc(C#N)cc3)ccc21. The first-order chi connectivity index (χ1) is 18.3. The number of amides is 2. The van der Waals surface area contributed by atoms with Gasteiger partial charge in [0.2, 0.25) is 5.91 Å². The minimum atomic E-state index is -0.413. The second-order valence-electron chi connectivity index (χ2n) is 10.6. The third-order valence-corrected chi connectivity index (χ3v) is 7.54. The predicted octanol–water partition coefficient (Wildman–Crippen LogP) is 3.56. The van der Waals surface area contributed by atoms with Crippen LogP contribution < -0.4 is 21.9 Å². The number of fused-ring (bicyclic) bond motifs is 1. The molecule has 1 aromatic heterocycles. The monoisotopic (exact) mass is 513 g/mol. The van der Waals surface area contributed by atoms with Gasteiger partial charge in [-0.05, 0) is 87.9 Å². The summed E-state index contributed by atoms with van der Waals surface area (Å²) in [4.78, 5) is 52.4. The molecular formula is C29H31N5O4. The maximum atomic E-state index is 13.3. The molecule has 2 aliphatic rings. The molecule has 9 heteroatoms. The van der Waals surface area contributed by atoms with Crippen LogP contribution in [0.3, 0.4) is 0 Å². The summed E-state index contributed by atoms with van der Waals surface area (Å²) in [5, 5.41) is 15.3. The van der Waals surface area contributed by atoms with E-state index >= 15 is 0 Å². The highest BCUT2D eigenvalue weighted by molar-refractivity contribution is 5.97. The number of benzene rings is 2. The molecule has 3 aromatic rings. The molecule has 38 heavy (non-hydrogen) atoms. The lowest BCUT2D eigenvalue weighted by Gasteiger charge is -2.21. The molecule has 0 saturated heterocycles. The van der Waals surface area contributed by atoms with Gasteiger partial charge in [-0.3, -0.25) is 23.5 Å². The largest absolute Gasteiger partial charge is 0.349 e. The average Bonchev–Trinajstić information content (AvgIpc) is 3.61. The molecule has 0 spiro atoms. The number of nitriles is 1. The van der Waals surface area contributed by atoms with E-state index < -0.39 is 5.92 Å². The number of nitrogens with one attached hydrogen (secondary N) is 2. The first-order valence-corrected chi connectivity index (χ1v) is 13.2. The van der Waals surface area contributed by atoms with E-state index in [9.17, 15) is 19.2 Å². The molecule has 0 bridgehead atoms. The second-order valence-corrected chi connectivity index (χ2v) is 10.6. The van der Waals surface area contributed by atoms with E-state index in [4.69, 9.17) is 5.26 Å². The van der Waals surface area contributed by atoms with Crippen molar-refractivity contribution >= 4 is 28.4 Å². The summed E-state index contributed by atoms with van der Waals surface area (Å²) in [5.41, 5.74) is 1.30. The molecule has 0 radical (unpaired) electrons. The van der Waals surface area contributed by atoms with E-state index in [1.165, 1.54) is 4.57 Å². The number of hydrogen-bond acceptors (Lipinski definition) is 5. The van der Waals surface area contributed by atoms with Gasteiger partial charge in [0.15, 0.2) is 0 Å². The van der Waals surface area contributed by atoms with Crippen LogP contribution in [0.25, 0.3) is 10.9 Å². The van der Waals surface area contributed by atoms with Crippen LogP contribution in [-0.2, 0) is 11.3 Å². The Bertz CT molecular complexity index is 1560. The van der Waals surface area contributed by atoms with Crippen molar-refractivity contribution < 1.29 is 9.59 Å². The van der Waals surface area contributed by atoms with Crippen molar-refractivity contribution in [2.75, 3.05) is 5.32 Å². The van der Waals surface area contributed by atoms with Gasteiger partial charge in [0.1, 0.15) is 0 Å². The van der Waals surface area contributed by atoms with E-state index in [-0.39, 0.29) is 35.1 Å². The molecule has 1 heterocycles. The normalized spacial score (nSPS) is 18.9. The topological polar surface area (TPSA) is 126 Å². The molecule has 2 fully saturated rings. The van der Waals surface area contributed by atoms with Crippen LogP contribution >= 0.6 is 0 Å². The summed E-state index contributed by atoms with van der Waals surface area (Å²) in [7, 11) is 0. The predicted molar refractivity (Wildman–Crippen MR) is 144 cm³/mol. The Labute approximate surface area is 220 Å². The maximum absolute atomic E-state index is 13.3. The van der Waals surface area contributed by atoms with Gasteiger partial charge >= 0.3 is 5.69 Å². The summed E-state index contributed by atoms with van der Waals surface area (Å²) in [5.74, 6) is -0.556. The molecule has 9 nitrogen and oxygen atoms in total. The molecule has 2 aliphatic carbocycles. The van der Waals surface area contributed by atoms with Crippen molar-refractivity contribution in [2.45, 2.75) is 64.6 Å². The summed E-state index contributed by atoms with van der Waals surface area (Å²) in [6.07, 6.45) is 4.17. The number of aromatic nitrogens is 2. The smallest absolute Gasteiger partial charge is 0.331 e. The number of hydrogen-bond donors (Lipinski definition) is 2. The highest BCUT2D eigenvalue weighted by Gasteiger charge is 2.34. The Morgan fingerprint density at radius 2 is 1.79 bits per heavy atom. The first-order valence-electron chi connectivity index (χ1n) is 13.2. The maximum Gasteiger partial charge on any atom is 0.331 e. The van der Waals surface area contributed by atoms with Crippen molar-refractivity contribution in [2.24, 2.45) is 11.8 Å². The Balaban J connectivity index is 1.37. The van der Waals surface area contributed by atoms with E-state index in [1.807, 2.05) is 19.9 Å². The van der Waals surface area contributed by atoms with Crippen LogP contribution in [-0.4, -0.2) is 27.0 Å². The van der Waals surface area contributed by atoms with Gasteiger partial charge in [0.05, 0.1) is 28.5 Å². The quantitative estimate of drug-likeness (QED) is 0.500. The number of nitrogens with zero attached hydrogens (tertiary/aromatic N) is 3. The standard InChI is InChI=1S/C29H31N5O4/c1-17(2)34-25-13-12-21(14-23(25)28(37)33(29(34)38)16-19-6-7-19)31-27(36)22-4-3-5-24(22)32-26(35)20-10-8-18(15-30)9-11-20/h8-14,17,19,22,24H,3-7,16H2,1-2H3,(H,31,36)(H,32,35)/t22-,24+/m1/s1. The molecule has 2 N–H and O–H groups in total. The average molecular weight is 514 g/mol. The molecule has 0 unspecified atom stereocenters. The van der Waals surface area contributed by atoms with Crippen molar-refractivity contribution in [3.8, 4) is 6.07 Å². The van der Waals surface area contributed by atoms with E-state index in [1.54, 1.807) is 47.0 Å². The molecule has 2 saturated carbocycles. The zero-order valence-electron chi connectivity index (χ0n) is 21.6. The van der Waals surface area contributed by atoms with Crippen LogP contribution in [0, 0.1) is 23.2 Å². The van der Waals surface area contributed by atoms with Gasteiger partial charge in [0.25, 0.3) is 11.5 Å².